The first-order valence-corrected chi connectivity index (χ1v) is 7.23. The van der Waals surface area contributed by atoms with Crippen LogP contribution in [-0.4, -0.2) is 19.6 Å². The Morgan fingerprint density at radius 3 is 2.90 bits per heavy atom. The van der Waals surface area contributed by atoms with Crippen LogP contribution in [0.3, 0.4) is 0 Å². The first-order valence-electron chi connectivity index (χ1n) is 6.35. The summed E-state index contributed by atoms with van der Waals surface area (Å²) in [6, 6.07) is 2.02. The second-order valence-electron chi connectivity index (χ2n) is 4.72. The van der Waals surface area contributed by atoms with Crippen LogP contribution in [0, 0.1) is 13.8 Å². The Morgan fingerprint density at radius 2 is 2.15 bits per heavy atom. The molecule has 104 valence electrons. The van der Waals surface area contributed by atoms with Gasteiger partial charge in [0, 0.05) is 35.4 Å². The molecule has 0 bridgehead atoms. The van der Waals surface area contributed by atoms with Crippen LogP contribution in [0.1, 0.15) is 22.6 Å². The van der Waals surface area contributed by atoms with E-state index in [0.717, 1.165) is 28.3 Å². The van der Waals surface area contributed by atoms with Crippen molar-refractivity contribution in [2.45, 2.75) is 26.9 Å². The molecule has 0 saturated heterocycles. The van der Waals surface area contributed by atoms with Gasteiger partial charge in [-0.1, -0.05) is 0 Å². The summed E-state index contributed by atoms with van der Waals surface area (Å²) in [7, 11) is 0. The summed E-state index contributed by atoms with van der Waals surface area (Å²) in [6.07, 6.45) is 1.86. The van der Waals surface area contributed by atoms with Crippen molar-refractivity contribution in [3.05, 3.63) is 40.3 Å². The number of thiazole rings is 1. The Hall–Kier alpha value is -1.99. The van der Waals surface area contributed by atoms with Crippen molar-refractivity contribution in [2.24, 2.45) is 0 Å². The predicted molar refractivity (Wildman–Crippen MR) is 79.5 cm³/mol. The van der Waals surface area contributed by atoms with Crippen LogP contribution in [0.4, 0.5) is 5.13 Å². The largest absolute Gasteiger partial charge is 0.375 e. The molecule has 20 heavy (non-hydrogen) atoms. The van der Waals surface area contributed by atoms with E-state index >= 15 is 0 Å². The van der Waals surface area contributed by atoms with Crippen LogP contribution < -0.4 is 11.1 Å². The number of fused-ring (bicyclic) bond motifs is 1. The van der Waals surface area contributed by atoms with E-state index in [0.29, 0.717) is 18.2 Å². The minimum atomic E-state index is 0.602. The number of nitrogens with two attached hydrogens (primary N) is 1. The molecular formula is C13H16N6S. The molecule has 6 nitrogen and oxygen atoms in total. The highest BCUT2D eigenvalue weighted by Crippen LogP contribution is 2.13. The standard InChI is InChI=1S/C13H16N6S/c1-8-3-9(2)19-12(17-8)10(5-16-19)4-15-6-11-7-20-13(14)18-11/h3,5,7,15H,4,6H2,1-2H3,(H2,14,18). The smallest absolute Gasteiger partial charge is 0.180 e. The molecule has 3 N–H and O–H groups in total. The molecular weight excluding hydrogens is 272 g/mol. The van der Waals surface area contributed by atoms with Crippen LogP contribution in [-0.2, 0) is 13.1 Å². The van der Waals surface area contributed by atoms with Gasteiger partial charge in [-0.25, -0.2) is 14.5 Å². The van der Waals surface area contributed by atoms with Crippen molar-refractivity contribution in [3.63, 3.8) is 0 Å². The Bertz CT molecular complexity index is 744. The topological polar surface area (TPSA) is 81.1 Å². The molecule has 0 aliphatic rings. The van der Waals surface area contributed by atoms with E-state index in [1.54, 1.807) is 0 Å². The zero-order chi connectivity index (χ0) is 14.1. The van der Waals surface area contributed by atoms with E-state index in [9.17, 15) is 0 Å². The van der Waals surface area contributed by atoms with Gasteiger partial charge in [0.2, 0.25) is 0 Å². The number of nitrogens with zero attached hydrogens (tertiary/aromatic N) is 4. The molecule has 3 heterocycles. The van der Waals surface area contributed by atoms with Crippen molar-refractivity contribution in [3.8, 4) is 0 Å². The minimum absolute atomic E-state index is 0.602. The average Bonchev–Trinajstić information content (AvgIpc) is 2.97. The molecule has 3 aromatic rings. The van der Waals surface area contributed by atoms with Gasteiger partial charge in [-0.2, -0.15) is 5.10 Å². The Labute approximate surface area is 120 Å². The maximum atomic E-state index is 5.61. The van der Waals surface area contributed by atoms with E-state index in [-0.39, 0.29) is 0 Å². The number of aromatic nitrogens is 4. The molecule has 0 unspecified atom stereocenters. The third-order valence-electron chi connectivity index (χ3n) is 3.04. The molecule has 0 radical (unpaired) electrons. The summed E-state index contributed by atoms with van der Waals surface area (Å²) in [5.74, 6) is 0. The number of nitrogen functional groups attached to an aromatic ring is 1. The maximum Gasteiger partial charge on any atom is 0.180 e. The second kappa shape index (κ2) is 5.18. The molecule has 0 aromatic carbocycles. The predicted octanol–water partition coefficient (Wildman–Crippen LogP) is 1.67. The van der Waals surface area contributed by atoms with Gasteiger partial charge in [0.15, 0.2) is 10.8 Å². The average molecular weight is 288 g/mol. The van der Waals surface area contributed by atoms with Crippen LogP contribution in [0.15, 0.2) is 17.6 Å². The Kier molecular flexibility index (Phi) is 3.37. The van der Waals surface area contributed by atoms with E-state index in [1.165, 1.54) is 11.3 Å². The molecule has 0 aliphatic heterocycles. The SMILES string of the molecule is Cc1cc(C)n2ncc(CNCc3csc(N)n3)c2n1. The van der Waals surface area contributed by atoms with Crippen molar-refractivity contribution in [2.75, 3.05) is 5.73 Å². The molecule has 0 spiro atoms. The molecule has 0 saturated carbocycles. The summed E-state index contributed by atoms with van der Waals surface area (Å²) < 4.78 is 1.87. The Morgan fingerprint density at radius 1 is 1.30 bits per heavy atom. The summed E-state index contributed by atoms with van der Waals surface area (Å²) in [5, 5.41) is 10.3. The lowest BCUT2D eigenvalue weighted by molar-refractivity contribution is 0.685. The maximum absolute atomic E-state index is 5.61. The fourth-order valence-corrected chi connectivity index (χ4v) is 2.73. The fraction of sp³-hybridized carbons (Fsp3) is 0.308. The van der Waals surface area contributed by atoms with Gasteiger partial charge < -0.3 is 11.1 Å². The van der Waals surface area contributed by atoms with Gasteiger partial charge in [0.25, 0.3) is 0 Å². The lowest BCUT2D eigenvalue weighted by Crippen LogP contribution is -2.13. The first-order chi connectivity index (χ1) is 9.63. The van der Waals surface area contributed by atoms with Gasteiger partial charge in [-0.05, 0) is 19.9 Å². The molecule has 0 fully saturated rings. The van der Waals surface area contributed by atoms with Gasteiger partial charge in [-0.3, -0.25) is 0 Å². The zero-order valence-corrected chi connectivity index (χ0v) is 12.2. The third-order valence-corrected chi connectivity index (χ3v) is 3.76. The van der Waals surface area contributed by atoms with Crippen LogP contribution >= 0.6 is 11.3 Å². The van der Waals surface area contributed by atoms with Crippen LogP contribution in [0.25, 0.3) is 5.65 Å². The summed E-state index contributed by atoms with van der Waals surface area (Å²) in [5.41, 5.74) is 10.7. The normalized spacial score (nSPS) is 11.3. The molecule has 0 amide bonds. The van der Waals surface area contributed by atoms with E-state index < -0.39 is 0 Å². The van der Waals surface area contributed by atoms with E-state index in [1.807, 2.05) is 36.0 Å². The molecule has 7 heteroatoms. The fourth-order valence-electron chi connectivity index (χ4n) is 2.17. The lowest BCUT2D eigenvalue weighted by Gasteiger charge is -2.03. The highest BCUT2D eigenvalue weighted by molar-refractivity contribution is 7.13. The molecule has 3 aromatic heterocycles. The number of hydrogen-bond acceptors (Lipinski definition) is 6. The number of anilines is 1. The summed E-state index contributed by atoms with van der Waals surface area (Å²) >= 11 is 1.46. The van der Waals surface area contributed by atoms with E-state index in [4.69, 9.17) is 5.73 Å². The minimum Gasteiger partial charge on any atom is -0.375 e. The van der Waals surface area contributed by atoms with Gasteiger partial charge in [0.1, 0.15) is 0 Å². The van der Waals surface area contributed by atoms with Crippen molar-refractivity contribution in [1.82, 2.24) is 24.9 Å². The number of rotatable bonds is 4. The summed E-state index contributed by atoms with van der Waals surface area (Å²) in [4.78, 5) is 8.77. The highest BCUT2D eigenvalue weighted by atomic mass is 32.1. The Balaban J connectivity index is 1.74. The second-order valence-corrected chi connectivity index (χ2v) is 5.61. The number of nitrogens with one attached hydrogen (secondary N) is 1. The van der Waals surface area contributed by atoms with Crippen molar-refractivity contribution >= 4 is 22.1 Å². The van der Waals surface area contributed by atoms with Gasteiger partial charge >= 0.3 is 0 Å². The van der Waals surface area contributed by atoms with Gasteiger partial charge in [-0.15, -0.1) is 11.3 Å². The third kappa shape index (κ3) is 2.50. The highest BCUT2D eigenvalue weighted by Gasteiger charge is 2.08. The lowest BCUT2D eigenvalue weighted by atomic mass is 10.3. The zero-order valence-electron chi connectivity index (χ0n) is 11.4. The van der Waals surface area contributed by atoms with Crippen LogP contribution in [0.5, 0.6) is 0 Å². The first kappa shape index (κ1) is 13.0. The van der Waals surface area contributed by atoms with E-state index in [2.05, 4.69) is 20.4 Å². The quantitative estimate of drug-likeness (QED) is 0.763. The molecule has 0 aliphatic carbocycles. The van der Waals surface area contributed by atoms with Gasteiger partial charge in [0.05, 0.1) is 11.9 Å². The number of hydrogen-bond donors (Lipinski definition) is 2. The monoisotopic (exact) mass is 288 g/mol. The number of aryl methyl sites for hydroxylation is 2. The summed E-state index contributed by atoms with van der Waals surface area (Å²) in [6.45, 7) is 5.42. The molecule has 3 rings (SSSR count). The van der Waals surface area contributed by atoms with Crippen molar-refractivity contribution in [1.29, 1.82) is 0 Å². The molecule has 0 atom stereocenters. The van der Waals surface area contributed by atoms with Crippen molar-refractivity contribution < 1.29 is 0 Å². The van der Waals surface area contributed by atoms with Crippen LogP contribution in [0.2, 0.25) is 0 Å².